The third-order valence-electron chi connectivity index (χ3n) is 2.85. The van der Waals surface area contributed by atoms with Crippen LogP contribution in [0.1, 0.15) is 29.9 Å². The third-order valence-corrected chi connectivity index (χ3v) is 3.54. The Morgan fingerprint density at radius 2 is 1.84 bits per heavy atom. The van der Waals surface area contributed by atoms with Crippen LogP contribution in [0.4, 0.5) is 0 Å². The summed E-state index contributed by atoms with van der Waals surface area (Å²) in [5.74, 6) is -0.122. The molecule has 0 saturated carbocycles. The van der Waals surface area contributed by atoms with Gasteiger partial charge in [-0.25, -0.2) is 0 Å². The molecular formula is C15H15BrN2O. The van der Waals surface area contributed by atoms with E-state index >= 15 is 0 Å². The molecule has 98 valence electrons. The molecule has 0 saturated heterocycles. The van der Waals surface area contributed by atoms with Crippen molar-refractivity contribution in [2.24, 2.45) is 0 Å². The lowest BCUT2D eigenvalue weighted by Crippen LogP contribution is -2.41. The number of amides is 1. The predicted molar refractivity (Wildman–Crippen MR) is 78.9 cm³/mol. The third kappa shape index (κ3) is 3.20. The van der Waals surface area contributed by atoms with Crippen molar-refractivity contribution in [3.63, 3.8) is 0 Å². The summed E-state index contributed by atoms with van der Waals surface area (Å²) >= 11 is 3.38. The molecule has 0 unspecified atom stereocenters. The predicted octanol–water partition coefficient (Wildman–Crippen LogP) is 3.51. The Hall–Kier alpha value is -1.68. The Kier molecular flexibility index (Phi) is 4.00. The van der Waals surface area contributed by atoms with Crippen LogP contribution in [0.3, 0.4) is 0 Å². The van der Waals surface area contributed by atoms with Crippen molar-refractivity contribution in [2.45, 2.75) is 19.4 Å². The van der Waals surface area contributed by atoms with Gasteiger partial charge in [-0.3, -0.25) is 9.78 Å². The van der Waals surface area contributed by atoms with E-state index in [0.29, 0.717) is 5.56 Å². The number of hydrogen-bond acceptors (Lipinski definition) is 2. The Morgan fingerprint density at radius 1 is 1.16 bits per heavy atom. The molecule has 1 heterocycles. The molecule has 2 rings (SSSR count). The molecule has 3 nitrogen and oxygen atoms in total. The molecule has 0 spiro atoms. The SMILES string of the molecule is CC(C)(NC(=O)c1ccccc1Br)c1ccccn1. The number of rotatable bonds is 3. The minimum atomic E-state index is -0.520. The van der Waals surface area contributed by atoms with Crippen molar-refractivity contribution in [1.82, 2.24) is 10.3 Å². The fraction of sp³-hybridized carbons (Fsp3) is 0.200. The standard InChI is InChI=1S/C15H15BrN2O/c1-15(2,13-9-5-6-10-17-13)18-14(19)11-7-3-4-8-12(11)16/h3-10H,1-2H3,(H,18,19). The number of nitrogens with zero attached hydrogens (tertiary/aromatic N) is 1. The first-order valence-electron chi connectivity index (χ1n) is 5.99. The van der Waals surface area contributed by atoms with Crippen LogP contribution < -0.4 is 5.32 Å². The van der Waals surface area contributed by atoms with Crippen LogP contribution in [0.25, 0.3) is 0 Å². The zero-order valence-electron chi connectivity index (χ0n) is 10.9. The van der Waals surface area contributed by atoms with Crippen LogP contribution in [0, 0.1) is 0 Å². The van der Waals surface area contributed by atoms with E-state index < -0.39 is 5.54 Å². The first-order chi connectivity index (χ1) is 9.00. The number of aromatic nitrogens is 1. The van der Waals surface area contributed by atoms with E-state index in [0.717, 1.165) is 10.2 Å². The van der Waals surface area contributed by atoms with E-state index in [-0.39, 0.29) is 5.91 Å². The molecule has 0 radical (unpaired) electrons. The van der Waals surface area contributed by atoms with E-state index in [1.165, 1.54) is 0 Å². The lowest BCUT2D eigenvalue weighted by molar-refractivity contribution is 0.0909. The minimum absolute atomic E-state index is 0.122. The summed E-state index contributed by atoms with van der Waals surface area (Å²) < 4.78 is 0.782. The van der Waals surface area contributed by atoms with Gasteiger partial charge in [-0.15, -0.1) is 0 Å². The molecule has 0 aliphatic carbocycles. The molecule has 1 aromatic heterocycles. The monoisotopic (exact) mass is 318 g/mol. The highest BCUT2D eigenvalue weighted by molar-refractivity contribution is 9.10. The Labute approximate surface area is 121 Å². The van der Waals surface area contributed by atoms with E-state index in [2.05, 4.69) is 26.2 Å². The van der Waals surface area contributed by atoms with E-state index in [9.17, 15) is 4.79 Å². The number of halogens is 1. The van der Waals surface area contributed by atoms with Gasteiger partial charge in [0, 0.05) is 10.7 Å². The van der Waals surface area contributed by atoms with Gasteiger partial charge in [0.25, 0.3) is 5.91 Å². The average molecular weight is 319 g/mol. The molecule has 1 amide bonds. The van der Waals surface area contributed by atoms with Gasteiger partial charge in [0.1, 0.15) is 0 Å². The van der Waals surface area contributed by atoms with Gasteiger partial charge in [0.15, 0.2) is 0 Å². The molecule has 0 fully saturated rings. The number of pyridine rings is 1. The maximum atomic E-state index is 12.3. The summed E-state index contributed by atoms with van der Waals surface area (Å²) in [5, 5.41) is 3.00. The highest BCUT2D eigenvalue weighted by Crippen LogP contribution is 2.20. The van der Waals surface area contributed by atoms with Gasteiger partial charge in [-0.05, 0) is 54.0 Å². The minimum Gasteiger partial charge on any atom is -0.341 e. The summed E-state index contributed by atoms with van der Waals surface area (Å²) in [6, 6.07) is 13.0. The van der Waals surface area contributed by atoms with E-state index in [1.807, 2.05) is 50.2 Å². The van der Waals surface area contributed by atoms with Crippen LogP contribution >= 0.6 is 15.9 Å². The number of benzene rings is 1. The van der Waals surface area contributed by atoms with Gasteiger partial charge in [0.05, 0.1) is 16.8 Å². The molecule has 2 aromatic rings. The van der Waals surface area contributed by atoms with Gasteiger partial charge in [-0.2, -0.15) is 0 Å². The topological polar surface area (TPSA) is 42.0 Å². The summed E-state index contributed by atoms with van der Waals surface area (Å²) in [7, 11) is 0. The van der Waals surface area contributed by atoms with Gasteiger partial charge < -0.3 is 5.32 Å². The largest absolute Gasteiger partial charge is 0.341 e. The molecule has 1 N–H and O–H groups in total. The number of carbonyl (C=O) groups is 1. The van der Waals surface area contributed by atoms with Crippen molar-refractivity contribution < 1.29 is 4.79 Å². The molecular weight excluding hydrogens is 304 g/mol. The molecule has 0 bridgehead atoms. The average Bonchev–Trinajstić information content (AvgIpc) is 2.39. The van der Waals surface area contributed by atoms with Crippen LogP contribution in [-0.2, 0) is 5.54 Å². The number of nitrogens with one attached hydrogen (secondary N) is 1. The molecule has 1 aromatic carbocycles. The van der Waals surface area contributed by atoms with Gasteiger partial charge >= 0.3 is 0 Å². The zero-order valence-corrected chi connectivity index (χ0v) is 12.4. The second-order valence-electron chi connectivity index (χ2n) is 4.77. The van der Waals surface area contributed by atoms with Crippen LogP contribution in [0.5, 0.6) is 0 Å². The zero-order chi connectivity index (χ0) is 13.9. The van der Waals surface area contributed by atoms with Gasteiger partial charge in [-0.1, -0.05) is 18.2 Å². The van der Waals surface area contributed by atoms with Crippen molar-refractivity contribution in [1.29, 1.82) is 0 Å². The fourth-order valence-electron chi connectivity index (χ4n) is 1.79. The summed E-state index contributed by atoms with van der Waals surface area (Å²) in [6.07, 6.45) is 1.72. The van der Waals surface area contributed by atoms with Crippen molar-refractivity contribution in [3.05, 3.63) is 64.4 Å². The fourth-order valence-corrected chi connectivity index (χ4v) is 2.26. The van der Waals surface area contributed by atoms with Gasteiger partial charge in [0.2, 0.25) is 0 Å². The quantitative estimate of drug-likeness (QED) is 0.941. The lowest BCUT2D eigenvalue weighted by atomic mass is 9.99. The van der Waals surface area contributed by atoms with E-state index in [4.69, 9.17) is 0 Å². The van der Waals surface area contributed by atoms with Crippen LogP contribution in [0.2, 0.25) is 0 Å². The van der Waals surface area contributed by atoms with E-state index in [1.54, 1.807) is 12.3 Å². The molecule has 4 heteroatoms. The lowest BCUT2D eigenvalue weighted by Gasteiger charge is -2.25. The Morgan fingerprint density at radius 3 is 2.47 bits per heavy atom. The Bertz CT molecular complexity index is 582. The van der Waals surface area contributed by atoms with Crippen LogP contribution in [-0.4, -0.2) is 10.9 Å². The van der Waals surface area contributed by atoms with Crippen molar-refractivity contribution in [2.75, 3.05) is 0 Å². The molecule has 0 atom stereocenters. The van der Waals surface area contributed by atoms with Crippen molar-refractivity contribution >= 4 is 21.8 Å². The highest BCUT2D eigenvalue weighted by atomic mass is 79.9. The first-order valence-corrected chi connectivity index (χ1v) is 6.78. The highest BCUT2D eigenvalue weighted by Gasteiger charge is 2.25. The van der Waals surface area contributed by atoms with Crippen LogP contribution in [0.15, 0.2) is 53.1 Å². The summed E-state index contributed by atoms with van der Waals surface area (Å²) in [4.78, 5) is 16.6. The summed E-state index contributed by atoms with van der Waals surface area (Å²) in [6.45, 7) is 3.87. The smallest absolute Gasteiger partial charge is 0.253 e. The number of hydrogen-bond donors (Lipinski definition) is 1. The Balaban J connectivity index is 2.22. The second kappa shape index (κ2) is 5.53. The maximum Gasteiger partial charge on any atom is 0.253 e. The second-order valence-corrected chi connectivity index (χ2v) is 5.63. The first kappa shape index (κ1) is 13.7. The number of carbonyl (C=O) groups excluding carboxylic acids is 1. The molecule has 0 aliphatic heterocycles. The maximum absolute atomic E-state index is 12.3. The molecule has 0 aliphatic rings. The normalized spacial score (nSPS) is 11.1. The molecule has 19 heavy (non-hydrogen) atoms. The van der Waals surface area contributed by atoms with Crippen molar-refractivity contribution in [3.8, 4) is 0 Å². The summed E-state index contributed by atoms with van der Waals surface area (Å²) in [5.41, 5.74) is 0.926.